The first kappa shape index (κ1) is 16.8. The van der Waals surface area contributed by atoms with Crippen molar-refractivity contribution in [3.8, 4) is 11.5 Å². The van der Waals surface area contributed by atoms with Crippen molar-refractivity contribution in [3.63, 3.8) is 0 Å². The van der Waals surface area contributed by atoms with E-state index in [1.54, 1.807) is 29.1 Å². The van der Waals surface area contributed by atoms with Gasteiger partial charge in [-0.05, 0) is 31.2 Å². The molecule has 0 saturated carbocycles. The normalized spacial score (nSPS) is 11.8. The topological polar surface area (TPSA) is 85.6 Å². The van der Waals surface area contributed by atoms with E-state index >= 15 is 0 Å². The number of amides is 1. The molecule has 0 bridgehead atoms. The average molecular weight is 319 g/mol. The maximum absolute atomic E-state index is 12.3. The predicted molar refractivity (Wildman–Crippen MR) is 84.7 cm³/mol. The maximum Gasteiger partial charge on any atom is 0.251 e. The van der Waals surface area contributed by atoms with Crippen LogP contribution >= 0.6 is 0 Å². The van der Waals surface area contributed by atoms with Crippen molar-refractivity contribution in [2.45, 2.75) is 19.5 Å². The highest BCUT2D eigenvalue weighted by Gasteiger charge is 2.14. The first-order valence-corrected chi connectivity index (χ1v) is 7.34. The summed E-state index contributed by atoms with van der Waals surface area (Å²) in [5.74, 6) is 0.731. The lowest BCUT2D eigenvalue weighted by Crippen LogP contribution is -2.35. The number of nitrogens with one attached hydrogen (secondary N) is 1. The summed E-state index contributed by atoms with van der Waals surface area (Å²) in [7, 11) is 1.52. The highest BCUT2D eigenvalue weighted by atomic mass is 16.5. The quantitative estimate of drug-likeness (QED) is 0.760. The van der Waals surface area contributed by atoms with Crippen LogP contribution in [0, 0.1) is 0 Å². The number of benzene rings is 1. The molecule has 2 aromatic rings. The van der Waals surface area contributed by atoms with Crippen LogP contribution in [0.15, 0.2) is 36.7 Å². The third kappa shape index (κ3) is 4.72. The fraction of sp³-hybridized carbons (Fsp3) is 0.375. The highest BCUT2D eigenvalue weighted by molar-refractivity contribution is 5.95. The third-order valence-electron chi connectivity index (χ3n) is 3.17. The van der Waals surface area contributed by atoms with E-state index in [9.17, 15) is 4.79 Å². The number of carbonyl (C=O) groups excluding carboxylic acids is 1. The van der Waals surface area contributed by atoms with Gasteiger partial charge >= 0.3 is 0 Å². The minimum Gasteiger partial charge on any atom is -0.493 e. The van der Waals surface area contributed by atoms with E-state index in [4.69, 9.17) is 14.6 Å². The monoisotopic (exact) mass is 319 g/mol. The molecule has 0 aliphatic rings. The van der Waals surface area contributed by atoms with Crippen LogP contribution in [0.5, 0.6) is 11.5 Å². The Balaban J connectivity index is 2.03. The van der Waals surface area contributed by atoms with Crippen LogP contribution in [-0.4, -0.2) is 47.2 Å². The molecule has 2 rings (SSSR count). The van der Waals surface area contributed by atoms with Gasteiger partial charge < -0.3 is 19.9 Å². The van der Waals surface area contributed by atoms with Crippen LogP contribution in [0.2, 0.25) is 0 Å². The van der Waals surface area contributed by atoms with Gasteiger partial charge in [0.25, 0.3) is 5.91 Å². The molecule has 7 nitrogen and oxygen atoms in total. The molecule has 0 spiro atoms. The van der Waals surface area contributed by atoms with Gasteiger partial charge in [-0.2, -0.15) is 5.10 Å². The van der Waals surface area contributed by atoms with Crippen molar-refractivity contribution in [2.75, 3.05) is 20.3 Å². The van der Waals surface area contributed by atoms with Crippen molar-refractivity contribution in [2.24, 2.45) is 0 Å². The summed E-state index contributed by atoms with van der Waals surface area (Å²) in [5.41, 5.74) is 0.464. The molecule has 1 aromatic heterocycles. The van der Waals surface area contributed by atoms with Gasteiger partial charge in [0.15, 0.2) is 11.5 Å². The number of aliphatic hydroxyl groups excluding tert-OH is 1. The second-order valence-corrected chi connectivity index (χ2v) is 5.04. The van der Waals surface area contributed by atoms with E-state index in [2.05, 4.69) is 10.4 Å². The molecule has 7 heteroatoms. The summed E-state index contributed by atoms with van der Waals surface area (Å²) < 4.78 is 12.3. The van der Waals surface area contributed by atoms with Crippen LogP contribution in [0.4, 0.5) is 0 Å². The number of nitrogens with zero attached hydrogens (tertiary/aromatic N) is 2. The van der Waals surface area contributed by atoms with E-state index in [1.807, 2.05) is 19.2 Å². The minimum atomic E-state index is -0.207. The van der Waals surface area contributed by atoms with Crippen LogP contribution < -0.4 is 14.8 Å². The molecule has 124 valence electrons. The molecule has 0 saturated heterocycles. The first-order valence-electron chi connectivity index (χ1n) is 7.34. The maximum atomic E-state index is 12.3. The standard InChI is InChI=1S/C16H21N3O4/c1-12(11-19-7-3-6-17-19)18-16(21)13-4-5-14(22-2)15(10-13)23-9-8-20/h3-7,10,12,20H,8-9,11H2,1-2H3,(H,18,21)/t12-/m0/s1. The fourth-order valence-corrected chi connectivity index (χ4v) is 2.13. The predicted octanol–water partition coefficient (Wildman–Crippen LogP) is 1.08. The number of rotatable bonds is 8. The Kier molecular flexibility index (Phi) is 5.99. The van der Waals surface area contributed by atoms with E-state index in [0.717, 1.165) is 0 Å². The average Bonchev–Trinajstić information content (AvgIpc) is 3.05. The molecule has 0 radical (unpaired) electrons. The van der Waals surface area contributed by atoms with E-state index in [-0.39, 0.29) is 25.2 Å². The number of aliphatic hydroxyl groups is 1. The molecular formula is C16H21N3O4. The molecule has 1 aromatic carbocycles. The summed E-state index contributed by atoms with van der Waals surface area (Å²) >= 11 is 0. The Bertz CT molecular complexity index is 628. The molecule has 0 aliphatic carbocycles. The number of hydrogen-bond acceptors (Lipinski definition) is 5. The van der Waals surface area contributed by atoms with Gasteiger partial charge in [0.2, 0.25) is 0 Å². The number of hydrogen-bond donors (Lipinski definition) is 2. The molecule has 1 heterocycles. The summed E-state index contributed by atoms with van der Waals surface area (Å²) in [6.45, 7) is 2.52. The highest BCUT2D eigenvalue weighted by Crippen LogP contribution is 2.28. The van der Waals surface area contributed by atoms with E-state index in [1.165, 1.54) is 7.11 Å². The first-order chi connectivity index (χ1) is 11.1. The van der Waals surface area contributed by atoms with Crippen molar-refractivity contribution in [1.82, 2.24) is 15.1 Å². The van der Waals surface area contributed by atoms with Gasteiger partial charge in [-0.3, -0.25) is 9.48 Å². The van der Waals surface area contributed by atoms with Gasteiger partial charge in [-0.15, -0.1) is 0 Å². The Morgan fingerprint density at radius 3 is 2.91 bits per heavy atom. The van der Waals surface area contributed by atoms with Gasteiger partial charge in [0.1, 0.15) is 6.61 Å². The molecule has 0 fully saturated rings. The van der Waals surface area contributed by atoms with Crippen molar-refractivity contribution in [3.05, 3.63) is 42.2 Å². The van der Waals surface area contributed by atoms with Crippen LogP contribution in [-0.2, 0) is 6.54 Å². The largest absolute Gasteiger partial charge is 0.493 e. The molecule has 1 amide bonds. The Labute approximate surface area is 134 Å². The van der Waals surface area contributed by atoms with Gasteiger partial charge in [-0.25, -0.2) is 0 Å². The lowest BCUT2D eigenvalue weighted by atomic mass is 10.1. The molecule has 0 unspecified atom stereocenters. The molecule has 2 N–H and O–H groups in total. The minimum absolute atomic E-state index is 0.0775. The SMILES string of the molecule is COc1ccc(C(=O)N[C@@H](C)Cn2cccn2)cc1OCCO. The lowest BCUT2D eigenvalue weighted by Gasteiger charge is -2.15. The van der Waals surface area contributed by atoms with Crippen molar-refractivity contribution < 1.29 is 19.4 Å². The molecular weight excluding hydrogens is 298 g/mol. The zero-order valence-corrected chi connectivity index (χ0v) is 13.2. The second-order valence-electron chi connectivity index (χ2n) is 5.04. The summed E-state index contributed by atoms with van der Waals surface area (Å²) in [6, 6.07) is 6.69. The lowest BCUT2D eigenvalue weighted by molar-refractivity contribution is 0.0935. The van der Waals surface area contributed by atoms with E-state index in [0.29, 0.717) is 23.6 Å². The molecule has 1 atom stereocenters. The summed E-state index contributed by atoms with van der Waals surface area (Å²) in [5, 5.41) is 15.9. The van der Waals surface area contributed by atoms with Crippen LogP contribution in [0.1, 0.15) is 17.3 Å². The number of aromatic nitrogens is 2. The molecule has 0 aliphatic heterocycles. The summed E-state index contributed by atoms with van der Waals surface area (Å²) in [4.78, 5) is 12.3. The number of ether oxygens (including phenoxy) is 2. The zero-order chi connectivity index (χ0) is 16.7. The zero-order valence-electron chi connectivity index (χ0n) is 13.2. The van der Waals surface area contributed by atoms with Crippen molar-refractivity contribution >= 4 is 5.91 Å². The smallest absolute Gasteiger partial charge is 0.251 e. The number of carbonyl (C=O) groups is 1. The fourth-order valence-electron chi connectivity index (χ4n) is 2.13. The molecule has 23 heavy (non-hydrogen) atoms. The van der Waals surface area contributed by atoms with E-state index < -0.39 is 0 Å². The third-order valence-corrected chi connectivity index (χ3v) is 3.17. The Morgan fingerprint density at radius 1 is 1.43 bits per heavy atom. The van der Waals surface area contributed by atoms with Gasteiger partial charge in [0, 0.05) is 24.0 Å². The van der Waals surface area contributed by atoms with Crippen molar-refractivity contribution in [1.29, 1.82) is 0 Å². The van der Waals surface area contributed by atoms with Gasteiger partial charge in [-0.1, -0.05) is 0 Å². The van der Waals surface area contributed by atoms with Crippen LogP contribution in [0.25, 0.3) is 0 Å². The van der Waals surface area contributed by atoms with Crippen LogP contribution in [0.3, 0.4) is 0 Å². The Morgan fingerprint density at radius 2 is 2.26 bits per heavy atom. The second kappa shape index (κ2) is 8.19. The Hall–Kier alpha value is -2.54. The number of methoxy groups -OCH3 is 1. The van der Waals surface area contributed by atoms with Gasteiger partial charge in [0.05, 0.1) is 20.3 Å². The summed E-state index contributed by atoms with van der Waals surface area (Å²) in [6.07, 6.45) is 3.54.